The van der Waals surface area contributed by atoms with Crippen molar-refractivity contribution < 1.29 is 15.3 Å². The van der Waals surface area contributed by atoms with Crippen molar-refractivity contribution in [3.63, 3.8) is 0 Å². The van der Waals surface area contributed by atoms with Gasteiger partial charge in [0.25, 0.3) is 0 Å². The molecule has 33 heavy (non-hydrogen) atoms. The molecule has 0 saturated heterocycles. The number of phenols is 3. The largest absolute Gasteiger partial charge is 0.508 e. The first-order valence-electron chi connectivity index (χ1n) is 11.5. The number of hydrogen-bond donors (Lipinski definition) is 3. The molecule has 3 heteroatoms. The number of aromatic hydroxyl groups is 3. The number of benzene rings is 4. The molecule has 0 radical (unpaired) electrons. The normalized spacial score (nSPS) is 19.8. The topological polar surface area (TPSA) is 60.7 Å². The van der Waals surface area contributed by atoms with E-state index in [1.165, 1.54) is 22.3 Å². The maximum Gasteiger partial charge on any atom is 0.115 e. The number of hydrogen-bond acceptors (Lipinski definition) is 3. The Hall–Kier alpha value is -3.72. The second-order valence-electron chi connectivity index (χ2n) is 9.13. The van der Waals surface area contributed by atoms with Gasteiger partial charge in [-0.25, -0.2) is 0 Å². The Kier molecular flexibility index (Phi) is 5.55. The summed E-state index contributed by atoms with van der Waals surface area (Å²) in [7, 11) is 0. The molecule has 1 aliphatic carbocycles. The van der Waals surface area contributed by atoms with Gasteiger partial charge in [0.1, 0.15) is 17.2 Å². The minimum absolute atomic E-state index is 0.240. The summed E-state index contributed by atoms with van der Waals surface area (Å²) in [5.74, 6) is 1.39. The summed E-state index contributed by atoms with van der Waals surface area (Å²) >= 11 is 0. The van der Waals surface area contributed by atoms with Gasteiger partial charge >= 0.3 is 0 Å². The lowest BCUT2D eigenvalue weighted by Gasteiger charge is -2.46. The highest BCUT2D eigenvalue weighted by molar-refractivity contribution is 5.46. The fraction of sp³-hybridized carbons (Fsp3) is 0.200. The monoisotopic (exact) mass is 436 g/mol. The lowest BCUT2D eigenvalue weighted by atomic mass is 9.57. The summed E-state index contributed by atoms with van der Waals surface area (Å²) in [6.07, 6.45) is 2.83. The van der Waals surface area contributed by atoms with Crippen molar-refractivity contribution in [3.8, 4) is 17.2 Å². The highest BCUT2D eigenvalue weighted by Crippen LogP contribution is 2.55. The fourth-order valence-electron chi connectivity index (χ4n) is 5.65. The van der Waals surface area contributed by atoms with Gasteiger partial charge in [0.05, 0.1) is 0 Å². The van der Waals surface area contributed by atoms with Gasteiger partial charge in [0, 0.05) is 5.41 Å². The van der Waals surface area contributed by atoms with Gasteiger partial charge in [-0.15, -0.1) is 0 Å². The van der Waals surface area contributed by atoms with Crippen LogP contribution < -0.4 is 0 Å². The SMILES string of the molecule is Oc1ccc(C2CC(c3ccc(O)cc3)(c3ccc(O)cc3)CCC2c2ccccc2)cc1. The van der Waals surface area contributed by atoms with E-state index in [0.717, 1.165) is 19.3 Å². The molecule has 0 bridgehead atoms. The molecule has 0 aliphatic heterocycles. The van der Waals surface area contributed by atoms with Crippen LogP contribution in [0.2, 0.25) is 0 Å². The van der Waals surface area contributed by atoms with Gasteiger partial charge in [-0.2, -0.15) is 0 Å². The molecule has 5 rings (SSSR count). The van der Waals surface area contributed by atoms with Crippen LogP contribution >= 0.6 is 0 Å². The molecule has 0 aromatic heterocycles. The van der Waals surface area contributed by atoms with E-state index < -0.39 is 0 Å². The van der Waals surface area contributed by atoms with Gasteiger partial charge in [0.15, 0.2) is 0 Å². The fourth-order valence-corrected chi connectivity index (χ4v) is 5.65. The zero-order chi connectivity index (χ0) is 22.8. The van der Waals surface area contributed by atoms with Crippen molar-refractivity contribution in [2.75, 3.05) is 0 Å². The van der Waals surface area contributed by atoms with Crippen molar-refractivity contribution in [3.05, 3.63) is 125 Å². The van der Waals surface area contributed by atoms with Crippen molar-refractivity contribution in [2.24, 2.45) is 0 Å². The summed E-state index contributed by atoms with van der Waals surface area (Å²) < 4.78 is 0. The summed E-state index contributed by atoms with van der Waals surface area (Å²) in [6.45, 7) is 0. The summed E-state index contributed by atoms with van der Waals surface area (Å²) in [5.41, 5.74) is 4.63. The van der Waals surface area contributed by atoms with Gasteiger partial charge in [-0.05, 0) is 89.8 Å². The molecule has 2 unspecified atom stereocenters. The first kappa shape index (κ1) is 21.1. The third kappa shape index (κ3) is 4.07. The molecule has 1 aliphatic rings. The quantitative estimate of drug-likeness (QED) is 0.328. The summed E-state index contributed by atoms with van der Waals surface area (Å²) in [6, 6.07) is 33.5. The first-order valence-corrected chi connectivity index (χ1v) is 11.5. The van der Waals surface area contributed by atoms with Crippen LogP contribution in [0.4, 0.5) is 0 Å². The van der Waals surface area contributed by atoms with E-state index in [1.807, 2.05) is 36.4 Å². The van der Waals surface area contributed by atoms with Crippen molar-refractivity contribution in [2.45, 2.75) is 36.5 Å². The van der Waals surface area contributed by atoms with Crippen LogP contribution in [-0.4, -0.2) is 15.3 Å². The lowest BCUT2D eigenvalue weighted by Crippen LogP contribution is -2.36. The van der Waals surface area contributed by atoms with Crippen molar-refractivity contribution >= 4 is 0 Å². The molecule has 166 valence electrons. The lowest BCUT2D eigenvalue weighted by molar-refractivity contribution is 0.277. The smallest absolute Gasteiger partial charge is 0.115 e. The molecule has 1 saturated carbocycles. The summed E-state index contributed by atoms with van der Waals surface area (Å²) in [5, 5.41) is 29.8. The van der Waals surface area contributed by atoms with Crippen LogP contribution in [0.1, 0.15) is 53.4 Å². The van der Waals surface area contributed by atoms with Crippen LogP contribution in [0.25, 0.3) is 0 Å². The van der Waals surface area contributed by atoms with Crippen LogP contribution in [0.15, 0.2) is 103 Å². The molecule has 3 N–H and O–H groups in total. The van der Waals surface area contributed by atoms with E-state index in [4.69, 9.17) is 0 Å². The van der Waals surface area contributed by atoms with Crippen LogP contribution in [0, 0.1) is 0 Å². The molecule has 2 atom stereocenters. The average molecular weight is 437 g/mol. The molecule has 4 aromatic rings. The molecule has 0 spiro atoms. The van der Waals surface area contributed by atoms with E-state index in [9.17, 15) is 15.3 Å². The molecular formula is C30H28O3. The Morgan fingerprint density at radius 3 is 1.48 bits per heavy atom. The molecular weight excluding hydrogens is 408 g/mol. The third-order valence-corrected chi connectivity index (χ3v) is 7.32. The van der Waals surface area contributed by atoms with E-state index in [2.05, 4.69) is 30.3 Å². The van der Waals surface area contributed by atoms with E-state index in [-0.39, 0.29) is 28.6 Å². The highest BCUT2D eigenvalue weighted by atomic mass is 16.3. The number of phenolic OH excluding ortho intramolecular Hbond substituents is 3. The maximum absolute atomic E-state index is 9.94. The highest BCUT2D eigenvalue weighted by Gasteiger charge is 2.44. The van der Waals surface area contributed by atoms with Crippen molar-refractivity contribution in [1.82, 2.24) is 0 Å². The second-order valence-corrected chi connectivity index (χ2v) is 9.13. The number of rotatable bonds is 4. The van der Waals surface area contributed by atoms with Gasteiger partial charge in [0.2, 0.25) is 0 Å². The van der Waals surface area contributed by atoms with Crippen LogP contribution in [-0.2, 0) is 5.41 Å². The predicted molar refractivity (Wildman–Crippen MR) is 131 cm³/mol. The Morgan fingerprint density at radius 1 is 0.515 bits per heavy atom. The Morgan fingerprint density at radius 2 is 0.970 bits per heavy atom. The Labute approximate surface area is 194 Å². The van der Waals surface area contributed by atoms with Gasteiger partial charge in [-0.1, -0.05) is 66.7 Å². The molecule has 1 fully saturated rings. The minimum Gasteiger partial charge on any atom is -0.508 e. The van der Waals surface area contributed by atoms with E-state index in [0.29, 0.717) is 5.92 Å². The maximum atomic E-state index is 9.94. The van der Waals surface area contributed by atoms with Crippen LogP contribution in [0.5, 0.6) is 17.2 Å². The standard InChI is InChI=1S/C30H28O3/c31-25-12-6-22(7-13-25)29-20-30(23-8-14-26(32)15-9-23,24-10-16-27(33)17-11-24)19-18-28(29)21-4-2-1-3-5-21/h1-17,28-29,31-33H,18-20H2. The Bertz CT molecular complexity index is 1150. The summed E-state index contributed by atoms with van der Waals surface area (Å²) in [4.78, 5) is 0. The molecule has 3 nitrogen and oxygen atoms in total. The van der Waals surface area contributed by atoms with Crippen molar-refractivity contribution in [1.29, 1.82) is 0 Å². The first-order chi connectivity index (χ1) is 16.0. The average Bonchev–Trinajstić information content (AvgIpc) is 2.85. The van der Waals surface area contributed by atoms with Crippen LogP contribution in [0.3, 0.4) is 0 Å². The zero-order valence-corrected chi connectivity index (χ0v) is 18.4. The Balaban J connectivity index is 1.65. The second kappa shape index (κ2) is 8.67. The van der Waals surface area contributed by atoms with E-state index in [1.54, 1.807) is 36.4 Å². The minimum atomic E-state index is -0.255. The van der Waals surface area contributed by atoms with Gasteiger partial charge in [-0.3, -0.25) is 0 Å². The molecule has 0 heterocycles. The predicted octanol–water partition coefficient (Wildman–Crippen LogP) is 6.84. The zero-order valence-electron chi connectivity index (χ0n) is 18.4. The third-order valence-electron chi connectivity index (χ3n) is 7.32. The molecule has 4 aromatic carbocycles. The van der Waals surface area contributed by atoms with E-state index >= 15 is 0 Å². The van der Waals surface area contributed by atoms with Gasteiger partial charge < -0.3 is 15.3 Å². The molecule has 0 amide bonds.